The molecule has 0 spiro atoms. The highest BCUT2D eigenvalue weighted by molar-refractivity contribution is 7.13. The quantitative estimate of drug-likeness (QED) is 0.553. The molecule has 164 valence electrons. The van der Waals surface area contributed by atoms with Gasteiger partial charge in [-0.3, -0.25) is 9.69 Å². The molecule has 1 aliphatic heterocycles. The molecule has 3 aromatic rings. The number of nitrogens with zero attached hydrogens (tertiary/aromatic N) is 4. The molecule has 3 heterocycles. The van der Waals surface area contributed by atoms with Gasteiger partial charge < -0.3 is 18.9 Å². The Balaban J connectivity index is 1.34. The number of rotatable bonds is 7. The number of piperazine rings is 1. The number of carbonyl (C=O) groups is 1. The maximum Gasteiger partial charge on any atom is 0.254 e. The number of ether oxygens (including phenoxy) is 2. The van der Waals surface area contributed by atoms with Gasteiger partial charge in [0.25, 0.3) is 5.91 Å². The minimum Gasteiger partial charge on any atom is -0.493 e. The van der Waals surface area contributed by atoms with Gasteiger partial charge in [0.05, 0.1) is 24.6 Å². The topological polar surface area (TPSA) is 80.9 Å². The molecule has 1 fully saturated rings. The van der Waals surface area contributed by atoms with Gasteiger partial charge in [-0.2, -0.15) is 4.98 Å². The van der Waals surface area contributed by atoms with Crippen LogP contribution in [0.15, 0.2) is 40.2 Å². The zero-order valence-electron chi connectivity index (χ0n) is 17.9. The molecule has 1 aromatic carbocycles. The molecular weight excluding hydrogens is 416 g/mol. The molecule has 9 heteroatoms. The summed E-state index contributed by atoms with van der Waals surface area (Å²) >= 11 is 1.58. The first-order valence-corrected chi connectivity index (χ1v) is 11.1. The van der Waals surface area contributed by atoms with Crippen LogP contribution in [0.5, 0.6) is 11.5 Å². The lowest BCUT2D eigenvalue weighted by Crippen LogP contribution is -2.48. The Morgan fingerprint density at radius 1 is 1.19 bits per heavy atom. The predicted octanol–water partition coefficient (Wildman–Crippen LogP) is 3.55. The molecule has 1 aliphatic rings. The minimum atomic E-state index is -0.00758. The third-order valence-electron chi connectivity index (χ3n) is 5.00. The standard InChI is InChI=1S/C22H26N4O4S/c1-15(2)29-17-7-6-16(13-18(17)28-3)22(27)26-10-8-25(9-11-26)14-20-23-21(24-30-20)19-5-4-12-31-19/h4-7,12-13,15H,8-11,14H2,1-3H3. The summed E-state index contributed by atoms with van der Waals surface area (Å²) in [6.07, 6.45) is 0.0313. The average molecular weight is 443 g/mol. The van der Waals surface area contributed by atoms with E-state index in [-0.39, 0.29) is 12.0 Å². The highest BCUT2D eigenvalue weighted by atomic mass is 32.1. The van der Waals surface area contributed by atoms with E-state index in [0.29, 0.717) is 48.4 Å². The van der Waals surface area contributed by atoms with E-state index in [1.54, 1.807) is 36.6 Å². The number of aromatic nitrogens is 2. The first-order valence-electron chi connectivity index (χ1n) is 10.3. The molecule has 2 aromatic heterocycles. The number of benzene rings is 1. The van der Waals surface area contributed by atoms with Crippen LogP contribution in [-0.2, 0) is 6.54 Å². The molecule has 0 atom stereocenters. The van der Waals surface area contributed by atoms with Gasteiger partial charge in [-0.15, -0.1) is 11.3 Å². The Kier molecular flexibility index (Phi) is 6.53. The largest absolute Gasteiger partial charge is 0.493 e. The normalized spacial score (nSPS) is 14.8. The summed E-state index contributed by atoms with van der Waals surface area (Å²) in [5.74, 6) is 2.41. The number of hydrogen-bond acceptors (Lipinski definition) is 8. The molecule has 0 radical (unpaired) electrons. The van der Waals surface area contributed by atoms with Crippen molar-refractivity contribution < 1.29 is 18.8 Å². The molecule has 4 rings (SSSR count). The Labute approximate surface area is 185 Å². The summed E-state index contributed by atoms with van der Waals surface area (Å²) in [5, 5.41) is 6.05. The van der Waals surface area contributed by atoms with Crippen molar-refractivity contribution in [3.63, 3.8) is 0 Å². The number of amides is 1. The van der Waals surface area contributed by atoms with E-state index in [1.165, 1.54) is 0 Å². The fraction of sp³-hybridized carbons (Fsp3) is 0.409. The lowest BCUT2D eigenvalue weighted by molar-refractivity contribution is 0.0614. The fourth-order valence-corrected chi connectivity index (χ4v) is 4.11. The number of thiophene rings is 1. The van der Waals surface area contributed by atoms with E-state index in [1.807, 2.05) is 36.3 Å². The number of methoxy groups -OCH3 is 1. The summed E-state index contributed by atoms with van der Waals surface area (Å²) in [6, 6.07) is 9.27. The summed E-state index contributed by atoms with van der Waals surface area (Å²) in [5.41, 5.74) is 0.596. The van der Waals surface area contributed by atoms with Crippen molar-refractivity contribution >= 4 is 17.2 Å². The second-order valence-corrected chi connectivity index (χ2v) is 8.54. The van der Waals surface area contributed by atoms with Crippen molar-refractivity contribution in [3.05, 3.63) is 47.2 Å². The lowest BCUT2D eigenvalue weighted by atomic mass is 10.1. The van der Waals surface area contributed by atoms with Crippen molar-refractivity contribution in [2.45, 2.75) is 26.5 Å². The molecule has 0 saturated carbocycles. The van der Waals surface area contributed by atoms with Crippen LogP contribution in [0.4, 0.5) is 0 Å². The summed E-state index contributed by atoms with van der Waals surface area (Å²) in [4.78, 5) is 22.5. The van der Waals surface area contributed by atoms with Crippen LogP contribution < -0.4 is 9.47 Å². The molecule has 0 bridgehead atoms. The van der Waals surface area contributed by atoms with Crippen LogP contribution in [0.2, 0.25) is 0 Å². The second-order valence-electron chi connectivity index (χ2n) is 7.59. The van der Waals surface area contributed by atoms with Gasteiger partial charge in [0, 0.05) is 31.7 Å². The van der Waals surface area contributed by atoms with Gasteiger partial charge in [-0.05, 0) is 43.5 Å². The van der Waals surface area contributed by atoms with Crippen molar-refractivity contribution in [2.75, 3.05) is 33.3 Å². The van der Waals surface area contributed by atoms with Crippen LogP contribution in [0, 0.1) is 0 Å². The van der Waals surface area contributed by atoms with Gasteiger partial charge in [-0.25, -0.2) is 0 Å². The number of carbonyl (C=O) groups excluding carboxylic acids is 1. The lowest BCUT2D eigenvalue weighted by Gasteiger charge is -2.34. The maximum absolute atomic E-state index is 13.0. The molecule has 1 saturated heterocycles. The Hall–Kier alpha value is -2.91. The van der Waals surface area contributed by atoms with Gasteiger partial charge >= 0.3 is 0 Å². The molecule has 0 N–H and O–H groups in total. The average Bonchev–Trinajstić information content (AvgIpc) is 3.46. The van der Waals surface area contributed by atoms with Crippen molar-refractivity contribution in [1.29, 1.82) is 0 Å². The smallest absolute Gasteiger partial charge is 0.254 e. The van der Waals surface area contributed by atoms with E-state index in [9.17, 15) is 4.79 Å². The van der Waals surface area contributed by atoms with Crippen LogP contribution in [-0.4, -0.2) is 65.2 Å². The van der Waals surface area contributed by atoms with Gasteiger partial charge in [0.1, 0.15) is 0 Å². The molecule has 8 nitrogen and oxygen atoms in total. The van der Waals surface area contributed by atoms with E-state index >= 15 is 0 Å². The second kappa shape index (κ2) is 9.49. The van der Waals surface area contributed by atoms with E-state index in [4.69, 9.17) is 14.0 Å². The molecule has 0 aliphatic carbocycles. The van der Waals surface area contributed by atoms with Crippen LogP contribution in [0.25, 0.3) is 10.7 Å². The van der Waals surface area contributed by atoms with Gasteiger partial charge in [0.2, 0.25) is 11.7 Å². The molecular formula is C22H26N4O4S. The van der Waals surface area contributed by atoms with Crippen molar-refractivity contribution in [3.8, 4) is 22.2 Å². The van der Waals surface area contributed by atoms with E-state index in [2.05, 4.69) is 15.0 Å². The van der Waals surface area contributed by atoms with Crippen LogP contribution >= 0.6 is 11.3 Å². The SMILES string of the molecule is COc1cc(C(=O)N2CCN(Cc3nc(-c4cccs4)no3)CC2)ccc1OC(C)C. The third kappa shape index (κ3) is 5.05. The highest BCUT2D eigenvalue weighted by Gasteiger charge is 2.24. The fourth-order valence-electron chi connectivity index (χ4n) is 3.46. The van der Waals surface area contributed by atoms with Crippen LogP contribution in [0.3, 0.4) is 0 Å². The van der Waals surface area contributed by atoms with Crippen molar-refractivity contribution in [2.24, 2.45) is 0 Å². The Morgan fingerprint density at radius 2 is 2.00 bits per heavy atom. The van der Waals surface area contributed by atoms with E-state index < -0.39 is 0 Å². The summed E-state index contributed by atoms with van der Waals surface area (Å²) in [6.45, 7) is 7.25. The Morgan fingerprint density at radius 3 is 2.68 bits per heavy atom. The highest BCUT2D eigenvalue weighted by Crippen LogP contribution is 2.29. The maximum atomic E-state index is 13.0. The first kappa shape index (κ1) is 21.3. The third-order valence-corrected chi connectivity index (χ3v) is 5.87. The number of hydrogen-bond donors (Lipinski definition) is 0. The predicted molar refractivity (Wildman–Crippen MR) is 118 cm³/mol. The zero-order valence-corrected chi connectivity index (χ0v) is 18.7. The van der Waals surface area contributed by atoms with Crippen LogP contribution in [0.1, 0.15) is 30.1 Å². The summed E-state index contributed by atoms with van der Waals surface area (Å²) in [7, 11) is 1.58. The molecule has 1 amide bonds. The minimum absolute atomic E-state index is 0.00758. The van der Waals surface area contributed by atoms with Crippen molar-refractivity contribution in [1.82, 2.24) is 19.9 Å². The first-order chi connectivity index (χ1) is 15.0. The summed E-state index contributed by atoms with van der Waals surface area (Å²) < 4.78 is 16.5. The van der Waals surface area contributed by atoms with Gasteiger partial charge in [-0.1, -0.05) is 11.2 Å². The molecule has 31 heavy (non-hydrogen) atoms. The van der Waals surface area contributed by atoms with Gasteiger partial charge in [0.15, 0.2) is 11.5 Å². The zero-order chi connectivity index (χ0) is 21.8. The molecule has 0 unspecified atom stereocenters. The van der Waals surface area contributed by atoms with E-state index in [0.717, 1.165) is 18.0 Å². The monoisotopic (exact) mass is 442 g/mol. The Bertz CT molecular complexity index is 1010.